The Kier molecular flexibility index (Phi) is 15.4. The van der Waals surface area contributed by atoms with Gasteiger partial charge in [0.15, 0.2) is 0 Å². The van der Waals surface area contributed by atoms with Crippen molar-refractivity contribution in [2.75, 3.05) is 62.0 Å². The van der Waals surface area contributed by atoms with E-state index in [0.29, 0.717) is 47.1 Å². The predicted octanol–water partition coefficient (Wildman–Crippen LogP) is 8.79. The standard InChI is InChI=1S/C17H18ClN3O3.C16H20ClN3O2.2CH4/c1-4-20-15-8-16(18)19-9-11(15)10-21(17(20)22)12-5-13(23-2)7-14(6-12)24-3;1-4-18-15-8-16(17)20-10-11(15)9-19-12-5-13(21-2)7-14(6-12)22-3;;/h5-9H,4,10H2,1-3H3;5-8,10,19H,4,9H2,1-3H3,(H,18,20);2*1H4. The number of urea groups is 1. The number of rotatable bonds is 11. The number of amides is 2. The van der Waals surface area contributed by atoms with Crippen LogP contribution in [0.3, 0.4) is 0 Å². The number of aromatic nitrogens is 2. The van der Waals surface area contributed by atoms with Crippen LogP contribution in [0.15, 0.2) is 60.9 Å². The van der Waals surface area contributed by atoms with Crippen LogP contribution in [0.4, 0.5) is 27.5 Å². The summed E-state index contributed by atoms with van der Waals surface area (Å²) < 4.78 is 21.1. The van der Waals surface area contributed by atoms with Crippen molar-refractivity contribution in [1.29, 1.82) is 0 Å². The second-order valence-corrected chi connectivity index (χ2v) is 10.7. The molecule has 2 aromatic carbocycles. The fourth-order valence-electron chi connectivity index (χ4n) is 4.82. The lowest BCUT2D eigenvalue weighted by molar-refractivity contribution is 0.250. The number of pyridine rings is 2. The lowest BCUT2D eigenvalue weighted by atomic mass is 10.1. The van der Waals surface area contributed by atoms with Crippen LogP contribution in [0.2, 0.25) is 10.3 Å². The first-order valence-electron chi connectivity index (χ1n) is 14.5. The molecule has 0 saturated heterocycles. The molecule has 0 bridgehead atoms. The summed E-state index contributed by atoms with van der Waals surface area (Å²) in [6, 6.07) is 14.5. The largest absolute Gasteiger partial charge is 0.497 e. The van der Waals surface area contributed by atoms with Crippen LogP contribution in [0.5, 0.6) is 23.0 Å². The van der Waals surface area contributed by atoms with Gasteiger partial charge in [-0.3, -0.25) is 9.80 Å². The topological polar surface area (TPSA) is 110 Å². The number of methoxy groups -OCH3 is 4. The first kappa shape index (κ1) is 39.6. The van der Waals surface area contributed by atoms with Crippen molar-refractivity contribution in [3.8, 4) is 23.0 Å². The highest BCUT2D eigenvalue weighted by molar-refractivity contribution is 6.30. The van der Waals surface area contributed by atoms with Crippen LogP contribution >= 0.6 is 23.2 Å². The third kappa shape index (κ3) is 9.71. The highest BCUT2D eigenvalue weighted by atomic mass is 35.5. The minimum absolute atomic E-state index is 0. The molecule has 11 nitrogen and oxygen atoms in total. The SMILES string of the molecule is C.C.CCN1C(=O)N(c2cc(OC)cc(OC)c2)Cc2cnc(Cl)cc21.CCNc1cc(Cl)ncc1CNc1cc(OC)cc(OC)c1. The summed E-state index contributed by atoms with van der Waals surface area (Å²) in [6.07, 6.45) is 3.47. The average molecular weight is 702 g/mol. The van der Waals surface area contributed by atoms with E-state index in [1.54, 1.807) is 62.8 Å². The van der Waals surface area contributed by atoms with E-state index in [0.717, 1.165) is 46.2 Å². The molecule has 3 heterocycles. The number of ether oxygens (including phenoxy) is 4. The highest BCUT2D eigenvalue weighted by Gasteiger charge is 2.31. The van der Waals surface area contributed by atoms with Crippen molar-refractivity contribution in [3.63, 3.8) is 0 Å². The molecule has 0 atom stereocenters. The van der Waals surface area contributed by atoms with Crippen molar-refractivity contribution in [1.82, 2.24) is 9.97 Å². The van der Waals surface area contributed by atoms with Crippen LogP contribution in [-0.2, 0) is 13.1 Å². The number of carbonyl (C=O) groups excluding carboxylic acids is 1. The molecule has 48 heavy (non-hydrogen) atoms. The van der Waals surface area contributed by atoms with Crippen molar-refractivity contribution in [3.05, 3.63) is 82.4 Å². The quantitative estimate of drug-likeness (QED) is 0.148. The molecule has 2 amide bonds. The van der Waals surface area contributed by atoms with Gasteiger partial charge in [0.1, 0.15) is 33.3 Å². The van der Waals surface area contributed by atoms with E-state index in [1.165, 1.54) is 0 Å². The molecule has 1 aliphatic rings. The summed E-state index contributed by atoms with van der Waals surface area (Å²) in [5.74, 6) is 2.73. The van der Waals surface area contributed by atoms with E-state index in [9.17, 15) is 4.79 Å². The first-order valence-corrected chi connectivity index (χ1v) is 15.3. The van der Waals surface area contributed by atoms with Gasteiger partial charge in [-0.25, -0.2) is 14.8 Å². The third-order valence-electron chi connectivity index (χ3n) is 7.13. The molecular weight excluding hydrogens is 655 g/mol. The van der Waals surface area contributed by atoms with E-state index in [-0.39, 0.29) is 20.9 Å². The van der Waals surface area contributed by atoms with Gasteiger partial charge in [-0.2, -0.15) is 0 Å². The molecule has 0 radical (unpaired) electrons. The van der Waals surface area contributed by atoms with Crippen LogP contribution in [0, 0.1) is 0 Å². The minimum Gasteiger partial charge on any atom is -0.497 e. The first-order chi connectivity index (χ1) is 22.2. The lowest BCUT2D eigenvalue weighted by Crippen LogP contribution is -2.47. The molecule has 1 aliphatic heterocycles. The summed E-state index contributed by atoms with van der Waals surface area (Å²) in [5.41, 5.74) is 5.36. The van der Waals surface area contributed by atoms with Crippen molar-refractivity contribution in [2.24, 2.45) is 0 Å². The second-order valence-electron chi connectivity index (χ2n) is 9.97. The number of carbonyl (C=O) groups is 1. The molecule has 0 spiro atoms. The highest BCUT2D eigenvalue weighted by Crippen LogP contribution is 2.36. The minimum atomic E-state index is -0.123. The maximum atomic E-state index is 12.9. The molecule has 0 fully saturated rings. The van der Waals surface area contributed by atoms with Crippen LogP contribution in [0.25, 0.3) is 0 Å². The second kappa shape index (κ2) is 18.7. The Balaban J connectivity index is 0.000000321. The van der Waals surface area contributed by atoms with Gasteiger partial charge < -0.3 is 29.6 Å². The molecule has 4 aromatic rings. The van der Waals surface area contributed by atoms with E-state index in [4.69, 9.17) is 42.1 Å². The Hall–Kier alpha value is -4.61. The Labute approximate surface area is 294 Å². The monoisotopic (exact) mass is 700 g/mol. The maximum absolute atomic E-state index is 12.9. The molecule has 0 unspecified atom stereocenters. The van der Waals surface area contributed by atoms with E-state index < -0.39 is 0 Å². The van der Waals surface area contributed by atoms with E-state index in [2.05, 4.69) is 20.6 Å². The van der Waals surface area contributed by atoms with E-state index in [1.807, 2.05) is 50.2 Å². The summed E-state index contributed by atoms with van der Waals surface area (Å²) in [5, 5.41) is 7.48. The average Bonchev–Trinajstić information content (AvgIpc) is 3.07. The van der Waals surface area contributed by atoms with Gasteiger partial charge in [-0.15, -0.1) is 0 Å². The summed E-state index contributed by atoms with van der Waals surface area (Å²) in [6.45, 7) is 6.34. The zero-order valence-corrected chi connectivity index (χ0v) is 28.2. The van der Waals surface area contributed by atoms with Crippen LogP contribution in [0.1, 0.15) is 39.8 Å². The molecule has 5 rings (SSSR count). The predicted molar refractivity (Wildman–Crippen MR) is 197 cm³/mol. The number of hydrogen-bond acceptors (Lipinski definition) is 9. The number of nitrogens with one attached hydrogen (secondary N) is 2. The Morgan fingerprint density at radius 1 is 0.750 bits per heavy atom. The van der Waals surface area contributed by atoms with Gasteiger partial charge in [0.05, 0.1) is 46.4 Å². The van der Waals surface area contributed by atoms with Crippen molar-refractivity contribution >= 4 is 52.0 Å². The summed E-state index contributed by atoms with van der Waals surface area (Å²) in [4.78, 5) is 24.6. The van der Waals surface area contributed by atoms with Crippen LogP contribution < -0.4 is 39.4 Å². The zero-order valence-electron chi connectivity index (χ0n) is 26.7. The Morgan fingerprint density at radius 2 is 1.29 bits per heavy atom. The van der Waals surface area contributed by atoms with Crippen LogP contribution in [-0.4, -0.2) is 57.5 Å². The molecule has 0 aliphatic carbocycles. The lowest BCUT2D eigenvalue weighted by Gasteiger charge is -2.36. The number of halogens is 2. The fraction of sp³-hybridized carbons (Fsp3) is 0.343. The van der Waals surface area contributed by atoms with E-state index >= 15 is 0 Å². The Bertz CT molecular complexity index is 1610. The number of benzene rings is 2. The summed E-state index contributed by atoms with van der Waals surface area (Å²) in [7, 11) is 6.42. The van der Waals surface area contributed by atoms with Gasteiger partial charge in [0.2, 0.25) is 0 Å². The number of anilines is 4. The fourth-order valence-corrected chi connectivity index (χ4v) is 5.13. The molecule has 260 valence electrons. The number of nitrogens with zero attached hydrogens (tertiary/aromatic N) is 4. The molecule has 2 N–H and O–H groups in total. The molecule has 0 saturated carbocycles. The number of fused-ring (bicyclic) bond motifs is 1. The van der Waals surface area contributed by atoms with Gasteiger partial charge >= 0.3 is 6.03 Å². The number of hydrogen-bond donors (Lipinski definition) is 2. The normalized spacial score (nSPS) is 11.5. The summed E-state index contributed by atoms with van der Waals surface area (Å²) >= 11 is 11.9. The van der Waals surface area contributed by atoms with Gasteiger partial charge in [-0.05, 0) is 26.0 Å². The van der Waals surface area contributed by atoms with Gasteiger partial charge in [-0.1, -0.05) is 38.1 Å². The molecule has 13 heteroatoms. The zero-order chi connectivity index (χ0) is 33.2. The van der Waals surface area contributed by atoms with Crippen molar-refractivity contribution in [2.45, 2.75) is 41.8 Å². The molecule has 2 aromatic heterocycles. The smallest absolute Gasteiger partial charge is 0.329 e. The third-order valence-corrected chi connectivity index (χ3v) is 7.54. The maximum Gasteiger partial charge on any atom is 0.329 e. The van der Waals surface area contributed by atoms with Gasteiger partial charge in [0.25, 0.3) is 0 Å². The van der Waals surface area contributed by atoms with Gasteiger partial charge in [0, 0.05) is 90.9 Å². The molecular formula is C35H46Cl2N6O5. The Morgan fingerprint density at radius 3 is 1.83 bits per heavy atom. The van der Waals surface area contributed by atoms with Crippen molar-refractivity contribution < 1.29 is 23.7 Å².